The molecule has 0 bridgehead atoms. The molecule has 1 saturated carbocycles. The first kappa shape index (κ1) is 15.5. The zero-order valence-electron chi connectivity index (χ0n) is 11.1. The van der Waals surface area contributed by atoms with Gasteiger partial charge < -0.3 is 10.4 Å². The van der Waals surface area contributed by atoms with Crippen molar-refractivity contribution in [1.82, 2.24) is 5.32 Å². The van der Waals surface area contributed by atoms with Crippen molar-refractivity contribution >= 4 is 39.1 Å². The van der Waals surface area contributed by atoms with Gasteiger partial charge in [-0.1, -0.05) is 0 Å². The number of amides is 1. The summed E-state index contributed by atoms with van der Waals surface area (Å²) < 4.78 is 1.10. The Bertz CT molecular complexity index is 481. The van der Waals surface area contributed by atoms with Crippen LogP contribution in [-0.4, -0.2) is 23.5 Å². The van der Waals surface area contributed by atoms with E-state index in [4.69, 9.17) is 5.11 Å². The predicted molar refractivity (Wildman–Crippen MR) is 81.8 cm³/mol. The Labute approximate surface area is 130 Å². The molecule has 0 aromatic carbocycles. The van der Waals surface area contributed by atoms with E-state index in [0.29, 0.717) is 32.2 Å². The molecule has 1 aliphatic rings. The summed E-state index contributed by atoms with van der Waals surface area (Å²) in [6.07, 6.45) is 3.45. The van der Waals surface area contributed by atoms with Crippen molar-refractivity contribution in [2.45, 2.75) is 32.1 Å². The molecule has 2 rings (SSSR count). The van der Waals surface area contributed by atoms with Gasteiger partial charge >= 0.3 is 5.97 Å². The highest BCUT2D eigenvalue weighted by atomic mass is 79.9. The molecule has 1 amide bonds. The molecule has 0 atom stereocenters. The number of carbonyl (C=O) groups is 2. The van der Waals surface area contributed by atoms with Crippen molar-refractivity contribution in [1.29, 1.82) is 0 Å². The van der Waals surface area contributed by atoms with Crippen LogP contribution in [0.25, 0.3) is 0 Å². The second kappa shape index (κ2) is 7.22. The second-order valence-corrected chi connectivity index (χ2v) is 7.68. The van der Waals surface area contributed by atoms with E-state index < -0.39 is 5.97 Å². The van der Waals surface area contributed by atoms with Crippen LogP contribution >= 0.6 is 27.3 Å². The van der Waals surface area contributed by atoms with Gasteiger partial charge in [0.1, 0.15) is 0 Å². The van der Waals surface area contributed by atoms with Gasteiger partial charge in [0.25, 0.3) is 0 Å². The molecule has 0 saturated heterocycles. The molecule has 0 unspecified atom stereocenters. The summed E-state index contributed by atoms with van der Waals surface area (Å²) in [5, 5.41) is 11.9. The lowest BCUT2D eigenvalue weighted by molar-refractivity contribution is -0.144. The molecule has 4 nitrogen and oxygen atoms in total. The summed E-state index contributed by atoms with van der Waals surface area (Å²) in [7, 11) is 0. The van der Waals surface area contributed by atoms with Crippen LogP contribution in [0.15, 0.2) is 15.9 Å². The van der Waals surface area contributed by atoms with Crippen molar-refractivity contribution in [3.05, 3.63) is 20.8 Å². The van der Waals surface area contributed by atoms with Gasteiger partial charge in [-0.15, -0.1) is 11.3 Å². The molecule has 0 spiro atoms. The second-order valence-electron chi connectivity index (χ2n) is 5.13. The molecule has 1 aromatic rings. The molecule has 1 aliphatic carbocycles. The van der Waals surface area contributed by atoms with Crippen LogP contribution in [-0.2, 0) is 16.0 Å². The first-order valence-corrected chi connectivity index (χ1v) is 8.42. The van der Waals surface area contributed by atoms with E-state index in [0.717, 1.165) is 10.2 Å². The number of hydrogen-bond acceptors (Lipinski definition) is 3. The highest BCUT2D eigenvalue weighted by molar-refractivity contribution is 9.11. The Morgan fingerprint density at radius 2 is 1.90 bits per heavy atom. The molecular formula is C14H18BrNO3S. The van der Waals surface area contributed by atoms with E-state index in [1.165, 1.54) is 4.88 Å². The lowest BCUT2D eigenvalue weighted by Gasteiger charge is -2.25. The number of nitrogens with one attached hydrogen (secondary N) is 1. The van der Waals surface area contributed by atoms with Gasteiger partial charge in [0.15, 0.2) is 0 Å². The number of hydrogen-bond donors (Lipinski definition) is 2. The van der Waals surface area contributed by atoms with Gasteiger partial charge in [0.2, 0.25) is 5.91 Å². The van der Waals surface area contributed by atoms with Crippen molar-refractivity contribution < 1.29 is 14.7 Å². The van der Waals surface area contributed by atoms with Gasteiger partial charge in [-0.05, 0) is 60.2 Å². The fraction of sp³-hybridized carbons (Fsp3) is 0.571. The summed E-state index contributed by atoms with van der Waals surface area (Å²) in [6, 6.07) is 4.06. The minimum absolute atomic E-state index is 0.0133. The molecule has 6 heteroatoms. The molecule has 110 valence electrons. The first-order chi connectivity index (χ1) is 9.56. The van der Waals surface area contributed by atoms with Crippen LogP contribution in [0.2, 0.25) is 0 Å². The molecule has 0 aliphatic heterocycles. The van der Waals surface area contributed by atoms with E-state index in [9.17, 15) is 9.59 Å². The Kier molecular flexibility index (Phi) is 5.60. The topological polar surface area (TPSA) is 66.4 Å². The van der Waals surface area contributed by atoms with Crippen LogP contribution in [0, 0.1) is 11.8 Å². The largest absolute Gasteiger partial charge is 0.481 e. The summed E-state index contributed by atoms with van der Waals surface area (Å²) in [6.45, 7) is 0.643. The molecule has 1 aromatic heterocycles. The quantitative estimate of drug-likeness (QED) is 0.848. The summed E-state index contributed by atoms with van der Waals surface area (Å²) >= 11 is 5.09. The predicted octanol–water partition coefficient (Wildman–Crippen LogP) is 3.06. The maximum atomic E-state index is 12.0. The number of aliphatic carboxylic acids is 1. The van der Waals surface area contributed by atoms with Gasteiger partial charge in [-0.25, -0.2) is 0 Å². The van der Waals surface area contributed by atoms with Gasteiger partial charge in [-0.2, -0.15) is 0 Å². The average Bonchev–Trinajstić information content (AvgIpc) is 2.84. The molecule has 2 N–H and O–H groups in total. The van der Waals surface area contributed by atoms with E-state index in [1.54, 1.807) is 11.3 Å². The lowest BCUT2D eigenvalue weighted by atomic mass is 9.81. The maximum absolute atomic E-state index is 12.0. The van der Waals surface area contributed by atoms with Crippen molar-refractivity contribution in [2.75, 3.05) is 6.54 Å². The van der Waals surface area contributed by atoms with Crippen LogP contribution in [0.3, 0.4) is 0 Å². The number of halogens is 1. The van der Waals surface area contributed by atoms with Crippen LogP contribution in [0.5, 0.6) is 0 Å². The highest BCUT2D eigenvalue weighted by Gasteiger charge is 2.29. The fourth-order valence-corrected chi connectivity index (χ4v) is 4.02. The Hall–Kier alpha value is -0.880. The monoisotopic (exact) mass is 359 g/mol. The molecule has 0 radical (unpaired) electrons. The number of carboxylic acid groups (broad SMARTS) is 1. The number of carboxylic acids is 1. The summed E-state index contributed by atoms with van der Waals surface area (Å²) in [5.74, 6) is -0.931. The third-order valence-electron chi connectivity index (χ3n) is 3.75. The van der Waals surface area contributed by atoms with Crippen molar-refractivity contribution in [3.63, 3.8) is 0 Å². The van der Waals surface area contributed by atoms with Gasteiger partial charge in [0.05, 0.1) is 9.70 Å². The van der Waals surface area contributed by atoms with E-state index in [-0.39, 0.29) is 17.7 Å². The minimum atomic E-state index is -0.730. The van der Waals surface area contributed by atoms with Gasteiger partial charge in [0, 0.05) is 17.3 Å². The van der Waals surface area contributed by atoms with Crippen molar-refractivity contribution in [2.24, 2.45) is 11.8 Å². The molecule has 1 fully saturated rings. The fourth-order valence-electron chi connectivity index (χ4n) is 2.54. The molecule has 20 heavy (non-hydrogen) atoms. The number of thiophene rings is 1. The van der Waals surface area contributed by atoms with Gasteiger partial charge in [-0.3, -0.25) is 9.59 Å². The van der Waals surface area contributed by atoms with E-state index in [1.807, 2.05) is 6.07 Å². The normalized spacial score (nSPS) is 22.4. The van der Waals surface area contributed by atoms with Crippen LogP contribution in [0.1, 0.15) is 30.6 Å². The third kappa shape index (κ3) is 4.31. The Balaban J connectivity index is 1.69. The molecular weight excluding hydrogens is 342 g/mol. The maximum Gasteiger partial charge on any atom is 0.306 e. The smallest absolute Gasteiger partial charge is 0.306 e. The summed E-state index contributed by atoms with van der Waals surface area (Å²) in [5.41, 5.74) is 0. The lowest BCUT2D eigenvalue weighted by Crippen LogP contribution is -2.35. The zero-order valence-corrected chi connectivity index (χ0v) is 13.5. The molecule has 1 heterocycles. The number of rotatable bonds is 5. The Morgan fingerprint density at radius 1 is 1.25 bits per heavy atom. The average molecular weight is 360 g/mol. The Morgan fingerprint density at radius 3 is 2.45 bits per heavy atom. The number of carbonyl (C=O) groups excluding carboxylic acids is 1. The van der Waals surface area contributed by atoms with E-state index >= 15 is 0 Å². The van der Waals surface area contributed by atoms with Crippen LogP contribution < -0.4 is 5.32 Å². The zero-order chi connectivity index (χ0) is 14.5. The summed E-state index contributed by atoms with van der Waals surface area (Å²) in [4.78, 5) is 24.1. The van der Waals surface area contributed by atoms with Crippen molar-refractivity contribution in [3.8, 4) is 0 Å². The first-order valence-electron chi connectivity index (χ1n) is 6.81. The highest BCUT2D eigenvalue weighted by Crippen LogP contribution is 2.29. The van der Waals surface area contributed by atoms with Crippen LogP contribution in [0.4, 0.5) is 0 Å². The third-order valence-corrected chi connectivity index (χ3v) is 5.43. The van der Waals surface area contributed by atoms with E-state index in [2.05, 4.69) is 27.3 Å². The SMILES string of the molecule is O=C(O)C1CCC(C(=O)NCCc2ccc(Br)s2)CC1. The minimum Gasteiger partial charge on any atom is -0.481 e. The standard InChI is InChI=1S/C14H18BrNO3S/c15-12-6-5-11(20-12)7-8-16-13(17)9-1-3-10(4-2-9)14(18)19/h5-6,9-10H,1-4,7-8H2,(H,16,17)(H,18,19).